The third-order valence-electron chi connectivity index (χ3n) is 4.70. The number of nitriles is 1. The molecule has 0 saturated heterocycles. The lowest BCUT2D eigenvalue weighted by Gasteiger charge is -2.30. The highest BCUT2D eigenvalue weighted by molar-refractivity contribution is 8.03. The van der Waals surface area contributed by atoms with E-state index in [2.05, 4.69) is 16.7 Å². The molecule has 2 amide bonds. The average molecular weight is 490 g/mol. The quantitative estimate of drug-likeness (QED) is 0.466. The third-order valence-corrected chi connectivity index (χ3v) is 6.26. The summed E-state index contributed by atoms with van der Waals surface area (Å²) in [6.07, 6.45) is 0. The van der Waals surface area contributed by atoms with Crippen LogP contribution in [0.5, 0.6) is 0 Å². The highest BCUT2D eigenvalue weighted by Crippen LogP contribution is 2.40. The van der Waals surface area contributed by atoms with Gasteiger partial charge in [-0.2, -0.15) is 5.26 Å². The van der Waals surface area contributed by atoms with E-state index in [1.807, 2.05) is 0 Å². The van der Waals surface area contributed by atoms with Crippen LogP contribution in [-0.2, 0) is 19.1 Å². The molecule has 10 heteroatoms. The van der Waals surface area contributed by atoms with Gasteiger partial charge in [0.25, 0.3) is 0 Å². The molecule has 2 N–H and O–H groups in total. The van der Waals surface area contributed by atoms with Crippen LogP contribution in [0.25, 0.3) is 0 Å². The van der Waals surface area contributed by atoms with Crippen LogP contribution in [0, 0.1) is 17.2 Å². The number of amides is 2. The number of halogens is 2. The fourth-order valence-electron chi connectivity index (χ4n) is 3.25. The number of carbonyl (C=O) groups excluding carboxylic acids is 3. The monoisotopic (exact) mass is 489 g/mol. The number of ether oxygens (including phenoxy) is 1. The zero-order valence-corrected chi connectivity index (χ0v) is 19.1. The topological polar surface area (TPSA) is 108 Å². The third kappa shape index (κ3) is 5.25. The molecule has 2 aromatic carbocycles. The van der Waals surface area contributed by atoms with Gasteiger partial charge in [-0.1, -0.05) is 65.3 Å². The van der Waals surface area contributed by atoms with Crippen molar-refractivity contribution < 1.29 is 19.1 Å². The molecule has 7 nitrogen and oxygen atoms in total. The molecule has 32 heavy (non-hydrogen) atoms. The van der Waals surface area contributed by atoms with E-state index in [1.54, 1.807) is 42.5 Å². The molecule has 0 bridgehead atoms. The minimum Gasteiger partial charge on any atom is -0.468 e. The molecule has 1 aliphatic heterocycles. The Hall–Kier alpha value is -2.99. The van der Waals surface area contributed by atoms with Gasteiger partial charge < -0.3 is 15.4 Å². The fraction of sp³-hybridized carbons (Fsp3) is 0.182. The molecule has 0 aliphatic carbocycles. The van der Waals surface area contributed by atoms with Crippen LogP contribution < -0.4 is 10.6 Å². The van der Waals surface area contributed by atoms with Crippen LogP contribution in [0.4, 0.5) is 5.69 Å². The molecule has 0 unspecified atom stereocenters. The summed E-state index contributed by atoms with van der Waals surface area (Å²) in [5.74, 6) is -3.91. The normalized spacial score (nSPS) is 17.9. The smallest absolute Gasteiger partial charge is 0.319 e. The van der Waals surface area contributed by atoms with Crippen molar-refractivity contribution in [3.05, 3.63) is 74.7 Å². The van der Waals surface area contributed by atoms with Crippen molar-refractivity contribution in [2.75, 3.05) is 18.2 Å². The van der Waals surface area contributed by atoms with Gasteiger partial charge >= 0.3 is 5.97 Å². The van der Waals surface area contributed by atoms with Gasteiger partial charge in [-0.05, 0) is 23.8 Å². The molecule has 0 spiro atoms. The maximum absolute atomic E-state index is 12.8. The van der Waals surface area contributed by atoms with Gasteiger partial charge in [0.1, 0.15) is 5.92 Å². The van der Waals surface area contributed by atoms with Crippen molar-refractivity contribution in [2.45, 2.75) is 5.92 Å². The maximum Gasteiger partial charge on any atom is 0.319 e. The summed E-state index contributed by atoms with van der Waals surface area (Å²) in [6.45, 7) is 0. The van der Waals surface area contributed by atoms with E-state index in [0.717, 1.165) is 11.8 Å². The van der Waals surface area contributed by atoms with Crippen LogP contribution >= 0.6 is 35.0 Å². The Morgan fingerprint density at radius 2 is 1.94 bits per heavy atom. The fourth-order valence-corrected chi connectivity index (χ4v) is 4.56. The van der Waals surface area contributed by atoms with Gasteiger partial charge in [0.05, 0.1) is 40.2 Å². The molecule has 164 valence electrons. The predicted octanol–water partition coefficient (Wildman–Crippen LogP) is 4.10. The van der Waals surface area contributed by atoms with Crippen molar-refractivity contribution >= 4 is 58.4 Å². The number of nitrogens with zero attached hydrogens (tertiary/aromatic N) is 1. The highest BCUT2D eigenvalue weighted by Gasteiger charge is 2.44. The van der Waals surface area contributed by atoms with Gasteiger partial charge in [-0.25, -0.2) is 0 Å². The minimum absolute atomic E-state index is 0.107. The number of methoxy groups -OCH3 is 1. The summed E-state index contributed by atoms with van der Waals surface area (Å²) < 4.78 is 4.80. The number of rotatable bonds is 6. The largest absolute Gasteiger partial charge is 0.468 e. The number of anilines is 1. The number of allylic oxidation sites excluding steroid dienone is 1. The second kappa shape index (κ2) is 10.6. The summed E-state index contributed by atoms with van der Waals surface area (Å²) in [7, 11) is 1.18. The first kappa shape index (κ1) is 23.7. The van der Waals surface area contributed by atoms with Crippen LogP contribution in [0.2, 0.25) is 10.0 Å². The van der Waals surface area contributed by atoms with E-state index in [-0.39, 0.29) is 21.4 Å². The van der Waals surface area contributed by atoms with Crippen molar-refractivity contribution in [1.29, 1.82) is 5.26 Å². The molecule has 2 atom stereocenters. The summed E-state index contributed by atoms with van der Waals surface area (Å²) in [5.41, 5.74) is 1.18. The van der Waals surface area contributed by atoms with Gasteiger partial charge in [0.2, 0.25) is 11.8 Å². The molecule has 1 aliphatic rings. The maximum atomic E-state index is 12.8. The van der Waals surface area contributed by atoms with E-state index >= 15 is 0 Å². The Balaban J connectivity index is 1.86. The van der Waals surface area contributed by atoms with E-state index in [9.17, 15) is 19.6 Å². The Labute approximate surface area is 198 Å². The molecule has 2 aromatic rings. The second-order valence-electron chi connectivity index (χ2n) is 6.69. The van der Waals surface area contributed by atoms with Crippen molar-refractivity contribution in [1.82, 2.24) is 5.32 Å². The summed E-state index contributed by atoms with van der Waals surface area (Å²) >= 11 is 12.9. The number of carbonyl (C=O) groups is 3. The Bertz CT molecular complexity index is 1130. The van der Waals surface area contributed by atoms with E-state index in [0.29, 0.717) is 16.3 Å². The van der Waals surface area contributed by atoms with E-state index < -0.39 is 29.6 Å². The first-order valence-electron chi connectivity index (χ1n) is 9.31. The van der Waals surface area contributed by atoms with Gasteiger partial charge in [-0.15, -0.1) is 0 Å². The van der Waals surface area contributed by atoms with Gasteiger partial charge in [-0.3, -0.25) is 14.4 Å². The van der Waals surface area contributed by atoms with Crippen LogP contribution in [-0.4, -0.2) is 30.6 Å². The molecule has 0 fully saturated rings. The zero-order chi connectivity index (χ0) is 23.3. The lowest BCUT2D eigenvalue weighted by molar-refractivity contribution is -0.150. The highest BCUT2D eigenvalue weighted by atomic mass is 35.5. The first-order chi connectivity index (χ1) is 15.3. The SMILES string of the molecule is COC(=O)[C@@H]1C(=O)NC(SCC(=O)Nc2ccc(Cl)cc2Cl)=C(C#N)[C@@H]1c1ccccc1. The number of hydrogen-bond acceptors (Lipinski definition) is 6. The van der Waals surface area contributed by atoms with Gasteiger partial charge in [0, 0.05) is 10.9 Å². The summed E-state index contributed by atoms with van der Waals surface area (Å²) in [5, 5.41) is 16.0. The molecule has 0 aromatic heterocycles. The molecular weight excluding hydrogens is 473 g/mol. The Kier molecular flexibility index (Phi) is 7.80. The molecule has 0 radical (unpaired) electrons. The molecular formula is C22H17Cl2N3O4S. The lowest BCUT2D eigenvalue weighted by Crippen LogP contribution is -2.44. The summed E-state index contributed by atoms with van der Waals surface area (Å²) in [6, 6.07) is 15.5. The second-order valence-corrected chi connectivity index (χ2v) is 8.52. The Morgan fingerprint density at radius 1 is 1.22 bits per heavy atom. The number of nitrogens with one attached hydrogen (secondary N) is 2. The van der Waals surface area contributed by atoms with Crippen LogP contribution in [0.15, 0.2) is 59.1 Å². The predicted molar refractivity (Wildman–Crippen MR) is 123 cm³/mol. The number of esters is 1. The van der Waals surface area contributed by atoms with Crippen molar-refractivity contribution in [3.63, 3.8) is 0 Å². The standard InChI is InChI=1S/C22H17Cl2N3O4S/c1-31-22(30)19-18(12-5-3-2-4-6-12)14(10-25)21(27-20(19)29)32-11-17(28)26-16-8-7-13(23)9-15(16)24/h2-9,18-19H,11H2,1H3,(H,26,28)(H,27,29)/t18-,19-/m0/s1. The van der Waals surface area contributed by atoms with Crippen LogP contribution in [0.1, 0.15) is 11.5 Å². The molecule has 1 heterocycles. The van der Waals surface area contributed by atoms with Crippen LogP contribution in [0.3, 0.4) is 0 Å². The molecule has 0 saturated carbocycles. The lowest BCUT2D eigenvalue weighted by atomic mass is 9.78. The van der Waals surface area contributed by atoms with E-state index in [4.69, 9.17) is 27.9 Å². The number of hydrogen-bond donors (Lipinski definition) is 2. The van der Waals surface area contributed by atoms with Gasteiger partial charge in [0.15, 0.2) is 0 Å². The number of benzene rings is 2. The Morgan fingerprint density at radius 3 is 2.56 bits per heavy atom. The molecule has 3 rings (SSSR count). The van der Waals surface area contributed by atoms with Crippen molar-refractivity contribution in [2.24, 2.45) is 5.92 Å². The first-order valence-corrected chi connectivity index (χ1v) is 11.1. The zero-order valence-electron chi connectivity index (χ0n) is 16.7. The van der Waals surface area contributed by atoms with E-state index in [1.165, 1.54) is 13.2 Å². The number of thioether (sulfide) groups is 1. The minimum atomic E-state index is -1.22. The average Bonchev–Trinajstić information content (AvgIpc) is 2.79. The van der Waals surface area contributed by atoms with Crippen molar-refractivity contribution in [3.8, 4) is 6.07 Å². The summed E-state index contributed by atoms with van der Waals surface area (Å²) in [4.78, 5) is 37.5.